The second-order valence-electron chi connectivity index (χ2n) is 12.1. The van der Waals surface area contributed by atoms with Crippen molar-refractivity contribution in [2.24, 2.45) is 5.41 Å². The van der Waals surface area contributed by atoms with Gasteiger partial charge in [-0.2, -0.15) is 13.2 Å². The summed E-state index contributed by atoms with van der Waals surface area (Å²) in [6, 6.07) is 12.3. The molecule has 3 aliphatic rings. The Bertz CT molecular complexity index is 1680. The van der Waals surface area contributed by atoms with Gasteiger partial charge in [-0.15, -0.1) is 0 Å². The highest BCUT2D eigenvalue weighted by Gasteiger charge is 2.50. The molecule has 2 N–H and O–H groups in total. The first-order valence-corrected chi connectivity index (χ1v) is 16.7. The Labute approximate surface area is 254 Å². The van der Waals surface area contributed by atoms with Crippen molar-refractivity contribution >= 4 is 43.7 Å². The number of alkyl halides is 3. The van der Waals surface area contributed by atoms with Gasteiger partial charge < -0.3 is 19.9 Å². The van der Waals surface area contributed by atoms with Crippen LogP contribution in [-0.4, -0.2) is 75.2 Å². The molecule has 7 nitrogen and oxygen atoms in total. The van der Waals surface area contributed by atoms with Crippen molar-refractivity contribution in [3.63, 3.8) is 0 Å². The first kappa shape index (κ1) is 30.1. The number of hydrogen-bond donors (Lipinski definition) is 2. The lowest BCUT2D eigenvalue weighted by Gasteiger charge is -2.58. The molecule has 12 heteroatoms. The second-order valence-corrected chi connectivity index (χ2v) is 14.5. The third kappa shape index (κ3) is 6.63. The zero-order chi connectivity index (χ0) is 30.4. The number of anilines is 2. The minimum atomic E-state index is -4.42. The highest BCUT2D eigenvalue weighted by Crippen LogP contribution is 2.41. The van der Waals surface area contributed by atoms with Gasteiger partial charge in [-0.05, 0) is 68.0 Å². The molecule has 0 atom stereocenters. The summed E-state index contributed by atoms with van der Waals surface area (Å²) in [6.45, 7) is 2.98. The average molecular weight is 635 g/mol. The van der Waals surface area contributed by atoms with Crippen molar-refractivity contribution < 1.29 is 26.3 Å². The number of aromatic nitrogens is 1. The molecule has 0 amide bonds. The lowest BCUT2D eigenvalue weighted by molar-refractivity contribution is -0.200. The zero-order valence-corrected chi connectivity index (χ0v) is 25.4. The highest BCUT2D eigenvalue weighted by atomic mass is 35.5. The molecule has 0 radical (unpaired) electrons. The molecule has 43 heavy (non-hydrogen) atoms. The van der Waals surface area contributed by atoms with Crippen LogP contribution in [0.15, 0.2) is 47.4 Å². The minimum Gasteiger partial charge on any atom is -0.382 e. The molecule has 0 bridgehead atoms. The summed E-state index contributed by atoms with van der Waals surface area (Å²) in [5.74, 6) is 5.79. The van der Waals surface area contributed by atoms with E-state index in [9.17, 15) is 21.6 Å². The third-order valence-electron chi connectivity index (χ3n) is 8.70. The largest absolute Gasteiger partial charge is 0.406 e. The Hall–Kier alpha value is -2.91. The SMILES string of the molecule is CS(=O)(=O)c1ccc(NCC#Cc2cc3c(N[C@H]4CC[C@@H](N5CC6(COC6)C5)CC4)cccc3n2CC(F)(F)F)c(Cl)c1. The predicted octanol–water partition coefficient (Wildman–Crippen LogP) is 5.78. The molecule has 1 aliphatic carbocycles. The van der Waals surface area contributed by atoms with Crippen molar-refractivity contribution in [2.75, 3.05) is 49.7 Å². The van der Waals surface area contributed by atoms with E-state index in [0.29, 0.717) is 28.0 Å². The summed E-state index contributed by atoms with van der Waals surface area (Å²) >= 11 is 6.22. The molecule has 6 rings (SSSR count). The van der Waals surface area contributed by atoms with Gasteiger partial charge in [0.25, 0.3) is 0 Å². The van der Waals surface area contributed by atoms with Gasteiger partial charge >= 0.3 is 6.18 Å². The number of ether oxygens (including phenoxy) is 1. The van der Waals surface area contributed by atoms with E-state index in [-0.39, 0.29) is 28.2 Å². The van der Waals surface area contributed by atoms with E-state index >= 15 is 0 Å². The number of likely N-dealkylation sites (tertiary alicyclic amines) is 1. The van der Waals surface area contributed by atoms with Crippen LogP contribution in [0, 0.1) is 17.3 Å². The van der Waals surface area contributed by atoms with Gasteiger partial charge in [-0.3, -0.25) is 4.90 Å². The van der Waals surface area contributed by atoms with E-state index in [1.54, 1.807) is 18.2 Å². The summed E-state index contributed by atoms with van der Waals surface area (Å²) in [7, 11) is -3.40. The number of fused-ring (bicyclic) bond motifs is 1. The molecule has 2 saturated heterocycles. The fourth-order valence-corrected chi connectivity index (χ4v) is 7.42. The number of benzene rings is 2. The molecule has 3 aromatic rings. The maximum atomic E-state index is 13.6. The summed E-state index contributed by atoms with van der Waals surface area (Å²) in [4.78, 5) is 2.67. The van der Waals surface area contributed by atoms with Gasteiger partial charge in [0.2, 0.25) is 0 Å². The minimum absolute atomic E-state index is 0.0943. The number of nitrogens with zero attached hydrogens (tertiary/aromatic N) is 2. The van der Waals surface area contributed by atoms with Gasteiger partial charge in [-0.1, -0.05) is 23.6 Å². The van der Waals surface area contributed by atoms with E-state index in [0.717, 1.165) is 63.9 Å². The van der Waals surface area contributed by atoms with Crippen LogP contribution in [0.1, 0.15) is 31.4 Å². The Morgan fingerprint density at radius 2 is 1.81 bits per heavy atom. The summed E-state index contributed by atoms with van der Waals surface area (Å²) in [5.41, 5.74) is 2.43. The molecule has 3 heterocycles. The first-order chi connectivity index (χ1) is 20.4. The first-order valence-electron chi connectivity index (χ1n) is 14.4. The van der Waals surface area contributed by atoms with Crippen molar-refractivity contribution in [3.8, 4) is 11.8 Å². The van der Waals surface area contributed by atoms with E-state index < -0.39 is 22.6 Å². The average Bonchev–Trinajstić information content (AvgIpc) is 3.23. The van der Waals surface area contributed by atoms with Crippen molar-refractivity contribution in [2.45, 2.75) is 55.4 Å². The summed E-state index contributed by atoms with van der Waals surface area (Å²) in [5, 5.41) is 7.55. The fraction of sp³-hybridized carbons (Fsp3) is 0.484. The Morgan fingerprint density at radius 1 is 1.07 bits per heavy atom. The maximum Gasteiger partial charge on any atom is 0.406 e. The van der Waals surface area contributed by atoms with Gasteiger partial charge in [0.15, 0.2) is 9.84 Å². The molecule has 3 fully saturated rings. The van der Waals surface area contributed by atoms with Crippen LogP contribution in [-0.2, 0) is 21.1 Å². The van der Waals surface area contributed by atoms with Crippen LogP contribution in [0.25, 0.3) is 10.9 Å². The molecular formula is C31H34ClF3N4O3S. The normalized spacial score (nSPS) is 22.0. The molecule has 1 saturated carbocycles. The molecular weight excluding hydrogens is 601 g/mol. The molecule has 2 aliphatic heterocycles. The second kappa shape index (κ2) is 11.5. The quantitative estimate of drug-likeness (QED) is 0.321. The number of nitrogens with one attached hydrogen (secondary N) is 2. The summed E-state index contributed by atoms with van der Waals surface area (Å²) < 4.78 is 70.9. The lowest BCUT2D eigenvalue weighted by Crippen LogP contribution is -2.68. The van der Waals surface area contributed by atoms with Gasteiger partial charge in [0, 0.05) is 47.9 Å². The van der Waals surface area contributed by atoms with Gasteiger partial charge in [-0.25, -0.2) is 8.42 Å². The zero-order valence-electron chi connectivity index (χ0n) is 23.8. The lowest BCUT2D eigenvalue weighted by atomic mass is 9.75. The van der Waals surface area contributed by atoms with E-state index in [1.807, 2.05) is 6.07 Å². The monoisotopic (exact) mass is 634 g/mol. The molecule has 0 unspecified atom stereocenters. The van der Waals surface area contributed by atoms with E-state index in [1.165, 1.54) is 22.8 Å². The van der Waals surface area contributed by atoms with Crippen molar-refractivity contribution in [1.82, 2.24) is 9.47 Å². The number of hydrogen-bond acceptors (Lipinski definition) is 6. The number of rotatable bonds is 7. The van der Waals surface area contributed by atoms with E-state index in [2.05, 4.69) is 27.4 Å². The van der Waals surface area contributed by atoms with Crippen LogP contribution in [0.5, 0.6) is 0 Å². The van der Waals surface area contributed by atoms with E-state index in [4.69, 9.17) is 16.3 Å². The predicted molar refractivity (Wildman–Crippen MR) is 162 cm³/mol. The highest BCUT2D eigenvalue weighted by molar-refractivity contribution is 7.90. The van der Waals surface area contributed by atoms with Crippen molar-refractivity contribution in [3.05, 3.63) is 53.2 Å². The standard InChI is InChI=1S/C31H34ClF3N4O3S/c1-43(40,41)24-11-12-28(26(32)15-24)36-13-3-4-23-14-25-27(5-2-6-29(25)39(23)18-31(33,34)35)37-21-7-9-22(10-8-21)38-16-30(17-38)19-42-20-30/h2,5-6,11-12,14-15,21-22,36-37H,7-10,13,16-20H2,1H3/t21-,22+. The van der Waals surface area contributed by atoms with Crippen LogP contribution >= 0.6 is 11.6 Å². The summed E-state index contributed by atoms with van der Waals surface area (Å²) in [6.07, 6.45) is 0.900. The molecule has 2 aromatic carbocycles. The van der Waals surface area contributed by atoms with Crippen LogP contribution < -0.4 is 10.6 Å². The molecule has 1 spiro atoms. The molecule has 230 valence electrons. The van der Waals surface area contributed by atoms with Crippen LogP contribution in [0.3, 0.4) is 0 Å². The Morgan fingerprint density at radius 3 is 2.44 bits per heavy atom. The smallest absolute Gasteiger partial charge is 0.382 e. The van der Waals surface area contributed by atoms with Crippen LogP contribution in [0.4, 0.5) is 24.5 Å². The fourth-order valence-electron chi connectivity index (χ4n) is 6.46. The Balaban J connectivity index is 1.15. The number of halogens is 4. The van der Waals surface area contributed by atoms with Gasteiger partial charge in [0.1, 0.15) is 6.54 Å². The Kier molecular flexibility index (Phi) is 8.09. The topological polar surface area (TPSA) is 75.6 Å². The molecule has 1 aromatic heterocycles. The van der Waals surface area contributed by atoms with Crippen LogP contribution in [0.2, 0.25) is 5.02 Å². The third-order valence-corrected chi connectivity index (χ3v) is 10.1. The number of sulfone groups is 1. The van der Waals surface area contributed by atoms with Gasteiger partial charge in [0.05, 0.1) is 46.6 Å². The van der Waals surface area contributed by atoms with Crippen molar-refractivity contribution in [1.29, 1.82) is 0 Å². The maximum absolute atomic E-state index is 13.6.